The second-order valence-corrected chi connectivity index (χ2v) is 4.11. The molecule has 0 aliphatic heterocycles. The van der Waals surface area contributed by atoms with Crippen LogP contribution in [-0.4, -0.2) is 26.4 Å². The molecule has 0 saturated heterocycles. The molecular formula is C13H13N3O3. The average Bonchev–Trinajstić information content (AvgIpc) is 2.35. The molecule has 0 unspecified atom stereocenters. The van der Waals surface area contributed by atoms with Crippen LogP contribution >= 0.6 is 0 Å². The van der Waals surface area contributed by atoms with Gasteiger partial charge in [-0.1, -0.05) is 6.07 Å². The first-order chi connectivity index (χ1) is 9.04. The van der Waals surface area contributed by atoms with Crippen LogP contribution in [0.5, 0.6) is 5.75 Å². The second kappa shape index (κ2) is 5.34. The Labute approximate surface area is 109 Å². The number of hydrogen-bond acceptors (Lipinski definition) is 5. The van der Waals surface area contributed by atoms with E-state index < -0.39 is 5.97 Å². The van der Waals surface area contributed by atoms with Gasteiger partial charge in [-0.3, -0.25) is 4.79 Å². The molecule has 0 saturated carbocycles. The summed E-state index contributed by atoms with van der Waals surface area (Å²) >= 11 is 0. The number of anilines is 2. The van der Waals surface area contributed by atoms with Crippen LogP contribution in [0.4, 0.5) is 11.5 Å². The van der Waals surface area contributed by atoms with Crippen molar-refractivity contribution in [2.75, 3.05) is 5.32 Å². The zero-order chi connectivity index (χ0) is 13.8. The predicted molar refractivity (Wildman–Crippen MR) is 69.5 cm³/mol. The summed E-state index contributed by atoms with van der Waals surface area (Å²) in [7, 11) is 0. The van der Waals surface area contributed by atoms with Crippen molar-refractivity contribution in [2.45, 2.75) is 13.3 Å². The van der Waals surface area contributed by atoms with Crippen molar-refractivity contribution in [1.29, 1.82) is 0 Å². The molecule has 1 aromatic heterocycles. The van der Waals surface area contributed by atoms with Crippen molar-refractivity contribution < 1.29 is 15.0 Å². The molecule has 6 heteroatoms. The lowest BCUT2D eigenvalue weighted by Crippen LogP contribution is -2.01. The minimum absolute atomic E-state index is 0.0245. The summed E-state index contributed by atoms with van der Waals surface area (Å²) in [6, 6.07) is 8.10. The Balaban J connectivity index is 2.23. The van der Waals surface area contributed by atoms with Crippen LogP contribution in [0.1, 0.15) is 11.3 Å². The Hall–Kier alpha value is -2.63. The van der Waals surface area contributed by atoms with Gasteiger partial charge in [0.15, 0.2) is 5.82 Å². The fraction of sp³-hybridized carbons (Fsp3) is 0.154. The second-order valence-electron chi connectivity index (χ2n) is 4.11. The summed E-state index contributed by atoms with van der Waals surface area (Å²) in [5.41, 5.74) is 1.78. The van der Waals surface area contributed by atoms with Gasteiger partial charge in [0.1, 0.15) is 5.75 Å². The van der Waals surface area contributed by atoms with E-state index in [0.29, 0.717) is 17.1 Å². The van der Waals surface area contributed by atoms with Gasteiger partial charge < -0.3 is 15.5 Å². The lowest BCUT2D eigenvalue weighted by atomic mass is 10.1. The highest BCUT2D eigenvalue weighted by atomic mass is 16.4. The van der Waals surface area contributed by atoms with E-state index in [1.807, 2.05) is 6.92 Å². The molecule has 0 radical (unpaired) electrons. The van der Waals surface area contributed by atoms with Gasteiger partial charge in [0.2, 0.25) is 0 Å². The first-order valence-corrected chi connectivity index (χ1v) is 5.65. The Morgan fingerprint density at radius 2 is 2.05 bits per heavy atom. The molecule has 0 atom stereocenters. The summed E-state index contributed by atoms with van der Waals surface area (Å²) < 4.78 is 0. The van der Waals surface area contributed by atoms with Crippen LogP contribution in [0, 0.1) is 6.92 Å². The smallest absolute Gasteiger partial charge is 0.307 e. The van der Waals surface area contributed by atoms with Crippen LogP contribution in [0.25, 0.3) is 0 Å². The van der Waals surface area contributed by atoms with E-state index in [0.717, 1.165) is 5.69 Å². The molecule has 0 amide bonds. The molecule has 0 spiro atoms. The quantitative estimate of drug-likeness (QED) is 0.725. The number of aliphatic carboxylic acids is 1. The average molecular weight is 259 g/mol. The van der Waals surface area contributed by atoms with E-state index in [2.05, 4.69) is 15.5 Å². The third kappa shape index (κ3) is 3.41. The maximum Gasteiger partial charge on any atom is 0.307 e. The fourth-order valence-electron chi connectivity index (χ4n) is 1.57. The molecule has 1 aromatic carbocycles. The highest BCUT2D eigenvalue weighted by Gasteiger charge is 2.07. The van der Waals surface area contributed by atoms with Crippen molar-refractivity contribution in [2.24, 2.45) is 0 Å². The van der Waals surface area contributed by atoms with Crippen molar-refractivity contribution in [3.8, 4) is 5.75 Å². The zero-order valence-corrected chi connectivity index (χ0v) is 10.3. The lowest BCUT2D eigenvalue weighted by molar-refractivity contribution is -0.136. The number of nitrogens with zero attached hydrogens (tertiary/aromatic N) is 2. The number of benzene rings is 1. The Morgan fingerprint density at radius 3 is 2.68 bits per heavy atom. The van der Waals surface area contributed by atoms with Gasteiger partial charge in [0, 0.05) is 0 Å². The van der Waals surface area contributed by atoms with Gasteiger partial charge in [-0.25, -0.2) is 0 Å². The number of phenolic OH excluding ortho intramolecular Hbond substituents is 1. The molecule has 0 fully saturated rings. The predicted octanol–water partition coefficient (Wildman–Crippen LogP) is 1.86. The van der Waals surface area contributed by atoms with Gasteiger partial charge >= 0.3 is 5.97 Å². The van der Waals surface area contributed by atoms with Crippen LogP contribution < -0.4 is 5.32 Å². The third-order valence-corrected chi connectivity index (χ3v) is 2.48. The van der Waals surface area contributed by atoms with E-state index in [4.69, 9.17) is 5.11 Å². The molecule has 2 rings (SSSR count). The molecule has 3 N–H and O–H groups in total. The summed E-state index contributed by atoms with van der Waals surface area (Å²) in [6.45, 7) is 1.82. The lowest BCUT2D eigenvalue weighted by Gasteiger charge is -2.08. The van der Waals surface area contributed by atoms with Crippen LogP contribution in [0.15, 0.2) is 30.3 Å². The SMILES string of the molecule is Cc1ccc(Nc2cc(CC(=O)O)ccc2O)nn1. The van der Waals surface area contributed by atoms with E-state index in [9.17, 15) is 9.90 Å². The number of carboxylic acids is 1. The Bertz CT molecular complexity index is 597. The number of aromatic nitrogens is 2. The van der Waals surface area contributed by atoms with Gasteiger partial charge in [0.25, 0.3) is 0 Å². The number of phenols is 1. The Kier molecular flexibility index (Phi) is 3.61. The monoisotopic (exact) mass is 259 g/mol. The van der Waals surface area contributed by atoms with E-state index in [1.165, 1.54) is 6.07 Å². The molecule has 98 valence electrons. The van der Waals surface area contributed by atoms with Crippen LogP contribution in [0.3, 0.4) is 0 Å². The maximum absolute atomic E-state index is 10.7. The minimum atomic E-state index is -0.924. The normalized spacial score (nSPS) is 10.2. The van der Waals surface area contributed by atoms with E-state index in [1.54, 1.807) is 24.3 Å². The number of nitrogens with one attached hydrogen (secondary N) is 1. The number of aryl methyl sites for hydroxylation is 1. The summed E-state index contributed by atoms with van der Waals surface area (Å²) in [5.74, 6) is -0.420. The van der Waals surface area contributed by atoms with Gasteiger partial charge in [-0.05, 0) is 36.8 Å². The topological polar surface area (TPSA) is 95.3 Å². The molecule has 6 nitrogen and oxygen atoms in total. The zero-order valence-electron chi connectivity index (χ0n) is 10.3. The highest BCUT2D eigenvalue weighted by Crippen LogP contribution is 2.27. The first-order valence-electron chi connectivity index (χ1n) is 5.65. The number of carboxylic acid groups (broad SMARTS) is 1. The van der Waals surface area contributed by atoms with Gasteiger partial charge in [0.05, 0.1) is 17.8 Å². The number of aromatic hydroxyl groups is 1. The molecule has 2 aromatic rings. The van der Waals surface area contributed by atoms with Crippen LogP contribution in [0.2, 0.25) is 0 Å². The van der Waals surface area contributed by atoms with Crippen molar-refractivity contribution in [1.82, 2.24) is 10.2 Å². The van der Waals surface area contributed by atoms with Crippen LogP contribution in [-0.2, 0) is 11.2 Å². The number of rotatable bonds is 4. The maximum atomic E-state index is 10.7. The van der Waals surface area contributed by atoms with E-state index in [-0.39, 0.29) is 12.2 Å². The first kappa shape index (κ1) is 12.8. The summed E-state index contributed by atoms with van der Waals surface area (Å²) in [6.07, 6.45) is -0.103. The fourth-order valence-corrected chi connectivity index (χ4v) is 1.57. The summed E-state index contributed by atoms with van der Waals surface area (Å²) in [5, 5.41) is 29.2. The van der Waals surface area contributed by atoms with Gasteiger partial charge in [-0.2, -0.15) is 5.10 Å². The number of carbonyl (C=O) groups is 1. The largest absolute Gasteiger partial charge is 0.506 e. The van der Waals surface area contributed by atoms with Crippen molar-refractivity contribution >= 4 is 17.5 Å². The molecule has 0 bridgehead atoms. The van der Waals surface area contributed by atoms with Crippen molar-refractivity contribution in [3.05, 3.63) is 41.6 Å². The third-order valence-electron chi connectivity index (χ3n) is 2.48. The minimum Gasteiger partial charge on any atom is -0.506 e. The van der Waals surface area contributed by atoms with Gasteiger partial charge in [-0.15, -0.1) is 5.10 Å². The summed E-state index contributed by atoms with van der Waals surface area (Å²) in [4.78, 5) is 10.7. The highest BCUT2D eigenvalue weighted by molar-refractivity contribution is 5.72. The Morgan fingerprint density at radius 1 is 1.26 bits per heavy atom. The molecule has 0 aliphatic rings. The molecular weight excluding hydrogens is 246 g/mol. The number of hydrogen-bond donors (Lipinski definition) is 3. The molecule has 0 aliphatic carbocycles. The van der Waals surface area contributed by atoms with Crippen molar-refractivity contribution in [3.63, 3.8) is 0 Å². The molecule has 1 heterocycles. The molecule has 19 heavy (non-hydrogen) atoms. The standard InChI is InChI=1S/C13H13N3O3/c1-8-2-5-12(16-15-8)14-10-6-9(7-13(18)19)3-4-11(10)17/h2-6,17H,7H2,1H3,(H,14,16)(H,18,19). The van der Waals surface area contributed by atoms with E-state index >= 15 is 0 Å².